The van der Waals surface area contributed by atoms with Gasteiger partial charge >= 0.3 is 10.4 Å². The van der Waals surface area contributed by atoms with Gasteiger partial charge in [-0.15, -0.1) is 0 Å². The van der Waals surface area contributed by atoms with Crippen LogP contribution in [-0.4, -0.2) is 74.9 Å². The van der Waals surface area contributed by atoms with E-state index in [4.69, 9.17) is 14.4 Å². The summed E-state index contributed by atoms with van der Waals surface area (Å²) in [5.41, 5.74) is -1.11. The molecule has 5 N–H and O–H groups in total. The Bertz CT molecular complexity index is 451. The highest BCUT2D eigenvalue weighted by atomic mass is 32.3. The fourth-order valence-electron chi connectivity index (χ4n) is 1.45. The third-order valence-corrected chi connectivity index (χ3v) is 3.70. The van der Waals surface area contributed by atoms with Gasteiger partial charge in [0.15, 0.2) is 0 Å². The molecule has 0 radical (unpaired) electrons. The number of ether oxygens (including phenoxy) is 1. The van der Waals surface area contributed by atoms with Crippen LogP contribution in [0.3, 0.4) is 0 Å². The van der Waals surface area contributed by atoms with Crippen LogP contribution in [0.15, 0.2) is 5.16 Å². The molecule has 20 heavy (non-hydrogen) atoms. The molecule has 0 spiro atoms. The van der Waals surface area contributed by atoms with E-state index in [1.54, 1.807) is 0 Å². The van der Waals surface area contributed by atoms with Gasteiger partial charge in [-0.05, 0) is 6.92 Å². The van der Waals surface area contributed by atoms with E-state index in [1.807, 2.05) is 0 Å². The number of nitrogens with zero attached hydrogens (tertiary/aromatic N) is 1. The molecule has 1 saturated heterocycles. The molecular formula is C8H15NO9S2. The summed E-state index contributed by atoms with van der Waals surface area (Å²) in [6.07, 6.45) is -5.61. The van der Waals surface area contributed by atoms with Crippen LogP contribution in [0.1, 0.15) is 6.92 Å². The summed E-state index contributed by atoms with van der Waals surface area (Å²) < 4.78 is 37.9. The molecule has 1 rings (SSSR count). The maximum Gasteiger partial charge on any atom is 0.466 e. The minimum absolute atomic E-state index is 0.0352. The highest BCUT2D eigenvalue weighted by Gasteiger charge is 2.43. The Balaban J connectivity index is 2.71. The zero-order chi connectivity index (χ0) is 15.5. The summed E-state index contributed by atoms with van der Waals surface area (Å²) >= 11 is 0.689. The van der Waals surface area contributed by atoms with E-state index < -0.39 is 46.9 Å². The van der Waals surface area contributed by atoms with E-state index in [0.717, 1.165) is 0 Å². The molecular weight excluding hydrogens is 318 g/mol. The molecule has 1 heterocycles. The first-order valence-corrected chi connectivity index (χ1v) is 7.58. The van der Waals surface area contributed by atoms with Crippen LogP contribution in [0.5, 0.6) is 0 Å². The van der Waals surface area contributed by atoms with Crippen LogP contribution in [0.2, 0.25) is 0 Å². The second-order valence-electron chi connectivity index (χ2n) is 3.93. The van der Waals surface area contributed by atoms with E-state index in [9.17, 15) is 23.7 Å². The lowest BCUT2D eigenvalue weighted by molar-refractivity contribution is -0.205. The number of rotatable bonds is 4. The van der Waals surface area contributed by atoms with Crippen molar-refractivity contribution in [1.82, 2.24) is 0 Å². The average molecular weight is 333 g/mol. The Morgan fingerprint density at radius 3 is 2.40 bits per heavy atom. The fraction of sp³-hybridized carbons (Fsp3) is 0.875. The lowest BCUT2D eigenvalue weighted by Crippen LogP contribution is -2.57. The smallest absolute Gasteiger partial charge is 0.394 e. The zero-order valence-electron chi connectivity index (χ0n) is 10.2. The van der Waals surface area contributed by atoms with Crippen molar-refractivity contribution in [1.29, 1.82) is 0 Å². The lowest BCUT2D eigenvalue weighted by Gasteiger charge is -2.39. The van der Waals surface area contributed by atoms with Crippen LogP contribution in [0.25, 0.3) is 0 Å². The highest BCUT2D eigenvalue weighted by Crippen LogP contribution is 2.29. The van der Waals surface area contributed by atoms with Crippen molar-refractivity contribution in [2.75, 3.05) is 6.61 Å². The SMILES string of the molecule is C/C(=N\OS(=O)(=O)O)S[C@@H]1O[C@@H](CO)[C@@H](O)[C@H](O)[C@H]1O. The van der Waals surface area contributed by atoms with Gasteiger partial charge in [0, 0.05) is 0 Å². The Kier molecular flexibility index (Phi) is 6.15. The molecule has 0 bridgehead atoms. The van der Waals surface area contributed by atoms with Crippen LogP contribution in [0, 0.1) is 0 Å². The van der Waals surface area contributed by atoms with Gasteiger partial charge in [0.2, 0.25) is 0 Å². The van der Waals surface area contributed by atoms with Gasteiger partial charge in [0.1, 0.15) is 34.9 Å². The van der Waals surface area contributed by atoms with Crippen molar-refractivity contribution in [2.45, 2.75) is 36.8 Å². The Hall–Kier alpha value is -0.470. The maximum absolute atomic E-state index is 10.3. The molecule has 1 aliphatic heterocycles. The summed E-state index contributed by atoms with van der Waals surface area (Å²) in [5, 5.41) is 40.8. The summed E-state index contributed by atoms with van der Waals surface area (Å²) in [6, 6.07) is 0. The number of hydrogen-bond donors (Lipinski definition) is 5. The third-order valence-electron chi connectivity index (χ3n) is 2.40. The first-order valence-electron chi connectivity index (χ1n) is 5.33. The average Bonchev–Trinajstić information content (AvgIpc) is 2.36. The van der Waals surface area contributed by atoms with E-state index >= 15 is 0 Å². The van der Waals surface area contributed by atoms with Gasteiger partial charge in [-0.3, -0.25) is 4.55 Å². The molecule has 10 nitrogen and oxygen atoms in total. The number of hydrogen-bond acceptors (Lipinski definition) is 10. The summed E-state index contributed by atoms with van der Waals surface area (Å²) in [6.45, 7) is 0.719. The molecule has 0 saturated carbocycles. The molecule has 0 amide bonds. The number of thioether (sulfide) groups is 1. The largest absolute Gasteiger partial charge is 0.466 e. The number of oxime groups is 1. The van der Waals surface area contributed by atoms with Crippen molar-refractivity contribution in [3.05, 3.63) is 0 Å². The molecule has 0 aliphatic carbocycles. The van der Waals surface area contributed by atoms with Gasteiger partial charge in [-0.25, -0.2) is 4.28 Å². The second-order valence-corrected chi connectivity index (χ2v) is 6.22. The van der Waals surface area contributed by atoms with E-state index in [1.165, 1.54) is 6.92 Å². The molecule has 118 valence electrons. The van der Waals surface area contributed by atoms with Gasteiger partial charge < -0.3 is 25.2 Å². The molecule has 12 heteroatoms. The number of aliphatic hydroxyl groups is 4. The predicted octanol–water partition coefficient (Wildman–Crippen LogP) is -2.33. The molecule has 5 atom stereocenters. The third kappa shape index (κ3) is 4.82. The maximum atomic E-state index is 10.3. The first-order chi connectivity index (χ1) is 9.15. The van der Waals surface area contributed by atoms with Crippen molar-refractivity contribution < 1.29 is 42.4 Å². The van der Waals surface area contributed by atoms with Gasteiger partial charge in [-0.1, -0.05) is 16.9 Å². The standard InChI is InChI=1S/C8H15NO9S2/c1-3(9-18-20(14,15)16)19-8-7(13)6(12)5(11)4(2-10)17-8/h4-8,10-13H,2H2,1H3,(H,14,15,16)/b9-3+/t4-,5+,6-,7+,8-/m0/s1. The van der Waals surface area contributed by atoms with Gasteiger partial charge in [0.05, 0.1) is 6.61 Å². The molecule has 0 aromatic carbocycles. The Morgan fingerprint density at radius 2 is 1.90 bits per heavy atom. The molecule has 1 fully saturated rings. The molecule has 1 aliphatic rings. The topological polar surface area (TPSA) is 166 Å². The molecule has 0 aromatic heterocycles. The normalized spacial score (nSPS) is 35.9. The minimum Gasteiger partial charge on any atom is -0.394 e. The quantitative estimate of drug-likeness (QED) is 0.163. The zero-order valence-corrected chi connectivity index (χ0v) is 11.9. The van der Waals surface area contributed by atoms with E-state index in [-0.39, 0.29) is 5.04 Å². The second kappa shape index (κ2) is 7.00. The van der Waals surface area contributed by atoms with Crippen LogP contribution < -0.4 is 0 Å². The monoisotopic (exact) mass is 333 g/mol. The van der Waals surface area contributed by atoms with Crippen molar-refractivity contribution in [3.8, 4) is 0 Å². The Morgan fingerprint density at radius 1 is 1.30 bits per heavy atom. The van der Waals surface area contributed by atoms with Crippen LogP contribution in [0.4, 0.5) is 0 Å². The summed E-state index contributed by atoms with van der Waals surface area (Å²) in [7, 11) is -4.74. The van der Waals surface area contributed by atoms with Gasteiger partial charge in [0.25, 0.3) is 0 Å². The lowest BCUT2D eigenvalue weighted by atomic mass is 10.0. The molecule has 0 unspecified atom stereocenters. The van der Waals surface area contributed by atoms with E-state index in [2.05, 4.69) is 9.44 Å². The molecule has 0 aromatic rings. The van der Waals surface area contributed by atoms with Crippen LogP contribution in [-0.2, 0) is 19.4 Å². The number of aliphatic hydroxyl groups excluding tert-OH is 4. The van der Waals surface area contributed by atoms with Crippen LogP contribution >= 0.6 is 11.8 Å². The summed E-state index contributed by atoms with van der Waals surface area (Å²) in [5.74, 6) is 0. The van der Waals surface area contributed by atoms with Gasteiger partial charge in [-0.2, -0.15) is 8.42 Å². The fourth-order valence-corrected chi connectivity index (χ4v) is 2.62. The summed E-state index contributed by atoms with van der Waals surface area (Å²) in [4.78, 5) is 0. The van der Waals surface area contributed by atoms with E-state index in [0.29, 0.717) is 11.8 Å². The predicted molar refractivity (Wildman–Crippen MR) is 67.1 cm³/mol. The minimum atomic E-state index is -4.74. The first kappa shape index (κ1) is 17.6. The van der Waals surface area contributed by atoms with Crippen molar-refractivity contribution in [2.24, 2.45) is 5.16 Å². The van der Waals surface area contributed by atoms with Crippen molar-refractivity contribution >= 4 is 27.2 Å². The highest BCUT2D eigenvalue weighted by molar-refractivity contribution is 8.14. The van der Waals surface area contributed by atoms with Crippen molar-refractivity contribution in [3.63, 3.8) is 0 Å². The Labute approximate surface area is 119 Å².